The Morgan fingerprint density at radius 2 is 1.71 bits per heavy atom. The fourth-order valence-electron chi connectivity index (χ4n) is 5.12. The molecule has 1 aliphatic heterocycles. The zero-order valence-electron chi connectivity index (χ0n) is 16.2. The highest BCUT2D eigenvalue weighted by molar-refractivity contribution is 9.09. The Hall–Kier alpha value is -1.94. The van der Waals surface area contributed by atoms with E-state index in [1.54, 1.807) is 0 Å². The molecule has 1 saturated carbocycles. The van der Waals surface area contributed by atoms with Gasteiger partial charge in [0.15, 0.2) is 5.78 Å². The summed E-state index contributed by atoms with van der Waals surface area (Å²) in [7, 11) is 0. The Balaban J connectivity index is 1.62. The molecule has 2 aliphatic rings. The lowest BCUT2D eigenvalue weighted by Gasteiger charge is -2.38. The third-order valence-electron chi connectivity index (χ3n) is 6.56. The summed E-state index contributed by atoms with van der Waals surface area (Å²) in [5.74, 6) is 0.504. The van der Waals surface area contributed by atoms with Gasteiger partial charge in [-0.1, -0.05) is 77.8 Å². The van der Waals surface area contributed by atoms with E-state index in [-0.39, 0.29) is 23.7 Å². The second kappa shape index (κ2) is 7.82. The normalized spacial score (nSPS) is 29.6. The zero-order valence-corrected chi connectivity index (χ0v) is 17.8. The Bertz CT molecular complexity index is 853. The smallest absolute Gasteiger partial charge is 0.233 e. The van der Waals surface area contributed by atoms with Gasteiger partial charge in [0.05, 0.1) is 5.41 Å². The summed E-state index contributed by atoms with van der Waals surface area (Å²) in [5, 5.41) is 0. The summed E-state index contributed by atoms with van der Waals surface area (Å²) in [4.78, 5) is 28.7. The second-order valence-corrected chi connectivity index (χ2v) is 9.43. The molecule has 2 aromatic rings. The van der Waals surface area contributed by atoms with Crippen molar-refractivity contribution in [3.8, 4) is 0 Å². The monoisotopic (exact) mass is 439 g/mol. The average Bonchev–Trinajstić information content (AvgIpc) is 2.96. The second-order valence-electron chi connectivity index (χ2n) is 8.26. The van der Waals surface area contributed by atoms with Crippen molar-refractivity contribution in [2.24, 2.45) is 11.3 Å². The number of halogens is 1. The summed E-state index contributed by atoms with van der Waals surface area (Å²) >= 11 is 3.89. The highest BCUT2D eigenvalue weighted by Gasteiger charge is 2.59. The molecule has 4 rings (SSSR count). The van der Waals surface area contributed by atoms with Gasteiger partial charge in [0, 0.05) is 34.5 Å². The van der Waals surface area contributed by atoms with Gasteiger partial charge in [0.2, 0.25) is 5.91 Å². The molecule has 0 bridgehead atoms. The van der Waals surface area contributed by atoms with Gasteiger partial charge in [-0.2, -0.15) is 0 Å². The van der Waals surface area contributed by atoms with E-state index in [0.717, 1.165) is 30.5 Å². The molecule has 28 heavy (non-hydrogen) atoms. The first-order valence-corrected chi connectivity index (χ1v) is 11.0. The quantitative estimate of drug-likeness (QED) is 0.446. The number of carbonyl (C=O) groups is 2. The van der Waals surface area contributed by atoms with Crippen LogP contribution >= 0.6 is 15.9 Å². The van der Waals surface area contributed by atoms with Crippen molar-refractivity contribution in [3.63, 3.8) is 0 Å². The standard InChI is InChI=1S/C24H26BrNO2/c1-24(16-15-21(27)17-9-4-2-5-10-17)22-19(25)13-8-14-20(22)26(23(24)28)18-11-6-3-7-12-18/h2-7,9-12,19-20,22H,8,13-16H2,1H3/t19-,20-,22+,24-/m0/s1. The van der Waals surface area contributed by atoms with Crippen LogP contribution in [0.1, 0.15) is 49.4 Å². The number of ketones is 1. The Morgan fingerprint density at radius 3 is 2.39 bits per heavy atom. The largest absolute Gasteiger partial charge is 0.309 e. The third-order valence-corrected chi connectivity index (χ3v) is 7.59. The van der Waals surface area contributed by atoms with Gasteiger partial charge in [0.25, 0.3) is 0 Å². The maximum Gasteiger partial charge on any atom is 0.233 e. The Labute approximate surface area is 175 Å². The molecule has 0 N–H and O–H groups in total. The van der Waals surface area contributed by atoms with Crippen LogP contribution in [0, 0.1) is 11.3 Å². The van der Waals surface area contributed by atoms with Crippen LogP contribution in [0.2, 0.25) is 0 Å². The number of amides is 1. The number of anilines is 1. The first-order chi connectivity index (χ1) is 13.5. The molecule has 1 aliphatic carbocycles. The van der Waals surface area contributed by atoms with Crippen LogP contribution in [0.15, 0.2) is 60.7 Å². The minimum Gasteiger partial charge on any atom is -0.309 e. The van der Waals surface area contributed by atoms with Crippen molar-refractivity contribution in [1.82, 2.24) is 0 Å². The van der Waals surface area contributed by atoms with Gasteiger partial charge in [-0.15, -0.1) is 0 Å². The molecule has 1 heterocycles. The maximum absolute atomic E-state index is 13.7. The lowest BCUT2D eigenvalue weighted by molar-refractivity contribution is -0.126. The predicted octanol–water partition coefficient (Wildman–Crippen LogP) is 5.63. The van der Waals surface area contributed by atoms with Gasteiger partial charge in [-0.3, -0.25) is 9.59 Å². The van der Waals surface area contributed by atoms with Crippen molar-refractivity contribution in [2.45, 2.75) is 49.9 Å². The van der Waals surface area contributed by atoms with E-state index < -0.39 is 5.41 Å². The Morgan fingerprint density at radius 1 is 1.07 bits per heavy atom. The number of hydrogen-bond acceptors (Lipinski definition) is 2. The number of alkyl halides is 1. The van der Waals surface area contributed by atoms with Gasteiger partial charge in [-0.05, 0) is 31.4 Å². The van der Waals surface area contributed by atoms with E-state index in [0.29, 0.717) is 17.7 Å². The summed E-state index contributed by atoms with van der Waals surface area (Å²) in [6, 6.07) is 19.6. The van der Waals surface area contributed by atoms with Crippen molar-refractivity contribution in [1.29, 1.82) is 0 Å². The average molecular weight is 440 g/mol. The topological polar surface area (TPSA) is 37.4 Å². The molecule has 0 radical (unpaired) electrons. The first-order valence-electron chi connectivity index (χ1n) is 10.1. The van der Waals surface area contributed by atoms with Crippen LogP contribution < -0.4 is 4.90 Å². The molecule has 1 amide bonds. The minimum absolute atomic E-state index is 0.117. The SMILES string of the molecule is C[C@@]1(CCC(=O)c2ccccc2)C(=O)N(c2ccccc2)[C@H]2CCC[C@H](Br)[C@H]21. The molecule has 0 spiro atoms. The summed E-state index contributed by atoms with van der Waals surface area (Å²) in [6.07, 6.45) is 4.21. The highest BCUT2D eigenvalue weighted by Crippen LogP contribution is 2.53. The number of fused-ring (bicyclic) bond motifs is 1. The van der Waals surface area contributed by atoms with Crippen molar-refractivity contribution in [2.75, 3.05) is 4.90 Å². The molecule has 2 aromatic carbocycles. The van der Waals surface area contributed by atoms with Crippen molar-refractivity contribution in [3.05, 3.63) is 66.2 Å². The fraction of sp³-hybridized carbons (Fsp3) is 0.417. The molecule has 2 fully saturated rings. The molecule has 3 nitrogen and oxygen atoms in total. The lowest BCUT2D eigenvalue weighted by Crippen LogP contribution is -2.41. The molecule has 4 atom stereocenters. The number of para-hydroxylation sites is 1. The minimum atomic E-state index is -0.528. The van der Waals surface area contributed by atoms with E-state index in [1.807, 2.05) is 65.6 Å². The van der Waals surface area contributed by atoms with Crippen LogP contribution in [0.3, 0.4) is 0 Å². The zero-order chi connectivity index (χ0) is 19.7. The molecular weight excluding hydrogens is 414 g/mol. The molecule has 4 heteroatoms. The van der Waals surface area contributed by atoms with E-state index in [1.165, 1.54) is 0 Å². The van der Waals surface area contributed by atoms with Gasteiger partial charge >= 0.3 is 0 Å². The number of carbonyl (C=O) groups excluding carboxylic acids is 2. The third kappa shape index (κ3) is 3.32. The number of Topliss-reactive ketones (excluding diaryl/α,β-unsaturated/α-hetero) is 1. The maximum atomic E-state index is 13.7. The first kappa shape index (κ1) is 19.4. The molecule has 146 valence electrons. The highest BCUT2D eigenvalue weighted by atomic mass is 79.9. The van der Waals surface area contributed by atoms with E-state index in [9.17, 15) is 9.59 Å². The molecule has 1 saturated heterocycles. The lowest BCUT2D eigenvalue weighted by atomic mass is 9.68. The Kier molecular flexibility index (Phi) is 5.42. The summed E-state index contributed by atoms with van der Waals surface area (Å²) in [5.41, 5.74) is 1.17. The van der Waals surface area contributed by atoms with Crippen LogP contribution in [-0.2, 0) is 4.79 Å². The van der Waals surface area contributed by atoms with E-state index >= 15 is 0 Å². The fourth-order valence-corrected chi connectivity index (χ4v) is 6.38. The summed E-state index contributed by atoms with van der Waals surface area (Å²) < 4.78 is 0. The molecule has 0 unspecified atom stereocenters. The van der Waals surface area contributed by atoms with Gasteiger partial charge in [-0.25, -0.2) is 0 Å². The number of hydrogen-bond donors (Lipinski definition) is 0. The summed E-state index contributed by atoms with van der Waals surface area (Å²) in [6.45, 7) is 2.08. The predicted molar refractivity (Wildman–Crippen MR) is 116 cm³/mol. The number of nitrogens with zero attached hydrogens (tertiary/aromatic N) is 1. The van der Waals surface area contributed by atoms with E-state index in [2.05, 4.69) is 22.9 Å². The van der Waals surface area contributed by atoms with Crippen LogP contribution in [-0.4, -0.2) is 22.6 Å². The number of benzene rings is 2. The number of rotatable bonds is 5. The van der Waals surface area contributed by atoms with Crippen LogP contribution in [0.5, 0.6) is 0 Å². The van der Waals surface area contributed by atoms with Crippen molar-refractivity contribution < 1.29 is 9.59 Å². The van der Waals surface area contributed by atoms with Gasteiger partial charge < -0.3 is 4.90 Å². The van der Waals surface area contributed by atoms with Crippen LogP contribution in [0.25, 0.3) is 0 Å². The van der Waals surface area contributed by atoms with E-state index in [4.69, 9.17) is 0 Å². The van der Waals surface area contributed by atoms with Crippen LogP contribution in [0.4, 0.5) is 5.69 Å². The molecular formula is C24H26BrNO2. The van der Waals surface area contributed by atoms with Gasteiger partial charge in [0.1, 0.15) is 0 Å². The molecule has 0 aromatic heterocycles. The van der Waals surface area contributed by atoms with Crippen molar-refractivity contribution >= 4 is 33.3 Å².